The van der Waals surface area contributed by atoms with Gasteiger partial charge in [-0.25, -0.2) is 8.42 Å². The Labute approximate surface area is 115 Å². The molecule has 7 heteroatoms. The van der Waals surface area contributed by atoms with Crippen molar-refractivity contribution < 1.29 is 18.3 Å². The molecule has 6 nitrogen and oxygen atoms in total. The second-order valence-electron chi connectivity index (χ2n) is 4.52. The number of aliphatic carboxylic acids is 1. The third kappa shape index (κ3) is 2.88. The number of aryl methyl sites for hydroxylation is 1. The second kappa shape index (κ2) is 5.09. The van der Waals surface area contributed by atoms with Crippen LogP contribution in [0.2, 0.25) is 0 Å². The number of aromatic nitrogens is 1. The van der Waals surface area contributed by atoms with Gasteiger partial charge in [-0.3, -0.25) is 9.59 Å². The summed E-state index contributed by atoms with van der Waals surface area (Å²) < 4.78 is 24.7. The molecule has 0 spiro atoms. The minimum atomic E-state index is -3.85. The number of carboxylic acids is 1. The first-order chi connectivity index (χ1) is 9.30. The first-order valence-corrected chi connectivity index (χ1v) is 7.62. The SMILES string of the molecule is Cn1c(=O)c(CS(=O)(=O)CC(=O)O)cc2ccccc21. The van der Waals surface area contributed by atoms with E-state index < -0.39 is 32.9 Å². The number of hydrogen-bond acceptors (Lipinski definition) is 4. The molecule has 1 aromatic heterocycles. The lowest BCUT2D eigenvalue weighted by molar-refractivity contribution is -0.134. The summed E-state index contributed by atoms with van der Waals surface area (Å²) in [6.07, 6.45) is 0. The average molecular weight is 295 g/mol. The Balaban J connectivity index is 2.54. The Kier molecular flexibility index (Phi) is 3.63. The van der Waals surface area contributed by atoms with Gasteiger partial charge in [0.25, 0.3) is 5.56 Å². The van der Waals surface area contributed by atoms with Crippen LogP contribution in [0.4, 0.5) is 0 Å². The molecule has 0 unspecified atom stereocenters. The summed E-state index contributed by atoms with van der Waals surface area (Å²) in [7, 11) is -2.30. The number of fused-ring (bicyclic) bond motifs is 1. The lowest BCUT2D eigenvalue weighted by Gasteiger charge is -2.08. The Morgan fingerprint density at radius 3 is 2.60 bits per heavy atom. The maximum Gasteiger partial charge on any atom is 0.318 e. The fourth-order valence-electron chi connectivity index (χ4n) is 2.07. The first-order valence-electron chi connectivity index (χ1n) is 5.80. The van der Waals surface area contributed by atoms with Gasteiger partial charge in [-0.05, 0) is 17.5 Å². The molecule has 0 saturated heterocycles. The van der Waals surface area contributed by atoms with Gasteiger partial charge in [0.1, 0.15) is 5.75 Å². The fraction of sp³-hybridized carbons (Fsp3) is 0.231. The number of pyridine rings is 1. The van der Waals surface area contributed by atoms with Gasteiger partial charge in [0.05, 0.1) is 11.3 Å². The molecule has 0 aliphatic rings. The molecule has 0 aliphatic carbocycles. The molecule has 0 bridgehead atoms. The zero-order valence-electron chi connectivity index (χ0n) is 10.7. The third-order valence-corrected chi connectivity index (χ3v) is 4.36. The van der Waals surface area contributed by atoms with Crippen molar-refractivity contribution in [3.05, 3.63) is 46.2 Å². The van der Waals surface area contributed by atoms with E-state index in [0.29, 0.717) is 5.52 Å². The van der Waals surface area contributed by atoms with Crippen molar-refractivity contribution in [1.29, 1.82) is 0 Å². The Hall–Kier alpha value is -2.15. The summed E-state index contributed by atoms with van der Waals surface area (Å²) >= 11 is 0. The Morgan fingerprint density at radius 2 is 1.95 bits per heavy atom. The molecule has 0 aliphatic heterocycles. The molecule has 20 heavy (non-hydrogen) atoms. The van der Waals surface area contributed by atoms with Crippen molar-refractivity contribution in [3.63, 3.8) is 0 Å². The number of rotatable bonds is 4. The topological polar surface area (TPSA) is 93.4 Å². The number of carbonyl (C=O) groups is 1. The summed E-state index contributed by atoms with van der Waals surface area (Å²) in [6, 6.07) is 8.58. The van der Waals surface area contributed by atoms with Crippen molar-refractivity contribution in [3.8, 4) is 0 Å². The molecule has 1 N–H and O–H groups in total. The van der Waals surface area contributed by atoms with Crippen LogP contribution in [0.1, 0.15) is 5.56 Å². The van der Waals surface area contributed by atoms with Crippen molar-refractivity contribution >= 4 is 26.7 Å². The number of carboxylic acid groups (broad SMARTS) is 1. The quantitative estimate of drug-likeness (QED) is 0.888. The van der Waals surface area contributed by atoms with E-state index in [2.05, 4.69) is 0 Å². The number of benzene rings is 1. The zero-order chi connectivity index (χ0) is 14.9. The Morgan fingerprint density at radius 1 is 1.30 bits per heavy atom. The first kappa shape index (κ1) is 14.3. The summed E-state index contributed by atoms with van der Waals surface area (Å²) in [4.78, 5) is 22.6. The van der Waals surface area contributed by atoms with Gasteiger partial charge in [-0.15, -0.1) is 0 Å². The summed E-state index contributed by atoms with van der Waals surface area (Å²) in [5.41, 5.74) is 0.335. The maximum absolute atomic E-state index is 12.1. The predicted octanol–water partition coefficient (Wildman–Crippen LogP) is 0.538. The van der Waals surface area contributed by atoms with Crippen LogP contribution in [0.25, 0.3) is 10.9 Å². The highest BCUT2D eigenvalue weighted by Crippen LogP contribution is 2.14. The molecule has 0 fully saturated rings. The second-order valence-corrected chi connectivity index (χ2v) is 6.58. The molecule has 1 aromatic carbocycles. The molecular formula is C13H13NO5S. The standard InChI is InChI=1S/C13H13NO5S/c1-14-11-5-3-2-4-9(11)6-10(13(14)17)7-20(18,19)8-12(15)16/h2-6H,7-8H2,1H3,(H,15,16). The van der Waals surface area contributed by atoms with Crippen LogP contribution in [0.15, 0.2) is 35.1 Å². The molecule has 1 heterocycles. The molecule has 0 amide bonds. The zero-order valence-corrected chi connectivity index (χ0v) is 11.6. The van der Waals surface area contributed by atoms with Gasteiger partial charge >= 0.3 is 5.97 Å². The van der Waals surface area contributed by atoms with Gasteiger partial charge in [0, 0.05) is 12.6 Å². The highest BCUT2D eigenvalue weighted by molar-refractivity contribution is 7.91. The maximum atomic E-state index is 12.1. The van der Waals surface area contributed by atoms with E-state index in [-0.39, 0.29) is 5.56 Å². The summed E-state index contributed by atoms with van der Waals surface area (Å²) in [6.45, 7) is 0. The molecule has 2 rings (SSSR count). The van der Waals surface area contributed by atoms with Crippen molar-refractivity contribution in [2.24, 2.45) is 7.05 Å². The molecule has 2 aromatic rings. The minimum Gasteiger partial charge on any atom is -0.480 e. The smallest absolute Gasteiger partial charge is 0.318 e. The highest BCUT2D eigenvalue weighted by Gasteiger charge is 2.19. The normalized spacial score (nSPS) is 11.7. The van der Waals surface area contributed by atoms with E-state index in [1.165, 1.54) is 10.6 Å². The van der Waals surface area contributed by atoms with Crippen LogP contribution in [-0.2, 0) is 27.4 Å². The number of sulfone groups is 1. The van der Waals surface area contributed by atoms with E-state index in [1.807, 2.05) is 0 Å². The van der Waals surface area contributed by atoms with Crippen LogP contribution in [0.3, 0.4) is 0 Å². The average Bonchev–Trinajstić information content (AvgIpc) is 2.33. The van der Waals surface area contributed by atoms with Crippen molar-refractivity contribution in [1.82, 2.24) is 4.57 Å². The van der Waals surface area contributed by atoms with E-state index in [4.69, 9.17) is 5.11 Å². The largest absolute Gasteiger partial charge is 0.480 e. The van der Waals surface area contributed by atoms with Crippen LogP contribution in [0, 0.1) is 0 Å². The molecule has 0 radical (unpaired) electrons. The van der Waals surface area contributed by atoms with E-state index in [1.54, 1.807) is 31.3 Å². The third-order valence-electron chi connectivity index (χ3n) is 2.93. The summed E-state index contributed by atoms with van der Waals surface area (Å²) in [5, 5.41) is 9.29. The number of hydrogen-bond donors (Lipinski definition) is 1. The minimum absolute atomic E-state index is 0.0763. The highest BCUT2D eigenvalue weighted by atomic mass is 32.2. The number of nitrogens with zero attached hydrogens (tertiary/aromatic N) is 1. The van der Waals surface area contributed by atoms with Gasteiger partial charge < -0.3 is 9.67 Å². The van der Waals surface area contributed by atoms with Crippen molar-refractivity contribution in [2.45, 2.75) is 5.75 Å². The lowest BCUT2D eigenvalue weighted by Crippen LogP contribution is -2.25. The monoisotopic (exact) mass is 295 g/mol. The van der Waals surface area contributed by atoms with Crippen molar-refractivity contribution in [2.75, 3.05) is 5.75 Å². The van der Waals surface area contributed by atoms with Gasteiger partial charge in [0.2, 0.25) is 0 Å². The Bertz CT molecular complexity index is 835. The van der Waals surface area contributed by atoms with Gasteiger partial charge in [0.15, 0.2) is 9.84 Å². The molecule has 106 valence electrons. The van der Waals surface area contributed by atoms with E-state index >= 15 is 0 Å². The van der Waals surface area contributed by atoms with E-state index in [0.717, 1.165) is 5.39 Å². The predicted molar refractivity (Wildman–Crippen MR) is 74.3 cm³/mol. The van der Waals surface area contributed by atoms with E-state index in [9.17, 15) is 18.0 Å². The molecule has 0 saturated carbocycles. The van der Waals surface area contributed by atoms with Gasteiger partial charge in [-0.2, -0.15) is 0 Å². The number of para-hydroxylation sites is 1. The summed E-state index contributed by atoms with van der Waals surface area (Å²) in [5.74, 6) is -2.98. The van der Waals surface area contributed by atoms with Crippen LogP contribution in [0.5, 0.6) is 0 Å². The molecular weight excluding hydrogens is 282 g/mol. The van der Waals surface area contributed by atoms with Gasteiger partial charge in [-0.1, -0.05) is 18.2 Å². The lowest BCUT2D eigenvalue weighted by atomic mass is 10.1. The molecule has 0 atom stereocenters. The fourth-order valence-corrected chi connectivity index (χ4v) is 3.23. The van der Waals surface area contributed by atoms with Crippen LogP contribution in [-0.4, -0.2) is 29.8 Å². The van der Waals surface area contributed by atoms with Crippen LogP contribution < -0.4 is 5.56 Å². The van der Waals surface area contributed by atoms with Crippen LogP contribution >= 0.6 is 0 Å².